The summed E-state index contributed by atoms with van der Waals surface area (Å²) in [6.07, 6.45) is -0.709. The first-order valence-electron chi connectivity index (χ1n) is 7.13. The highest BCUT2D eigenvalue weighted by molar-refractivity contribution is 5.94. The first kappa shape index (κ1) is 16.2. The second-order valence-electron chi connectivity index (χ2n) is 5.38. The van der Waals surface area contributed by atoms with Gasteiger partial charge in [0.25, 0.3) is 0 Å². The molecule has 3 rings (SSSR count). The molecule has 6 nitrogen and oxygen atoms in total. The van der Waals surface area contributed by atoms with Crippen LogP contribution < -0.4 is 5.32 Å². The Labute approximate surface area is 134 Å². The zero-order valence-electron chi connectivity index (χ0n) is 12.6. The molecule has 3 N–H and O–H groups in total. The van der Waals surface area contributed by atoms with Crippen LogP contribution in [-0.4, -0.2) is 37.9 Å². The molecular weight excluding hydrogens is 323 g/mol. The molecule has 0 radical (unpaired) electrons. The normalized spacial score (nSPS) is 13.2. The Morgan fingerprint density at radius 2 is 1.92 bits per heavy atom. The molecule has 3 aromatic rings. The summed E-state index contributed by atoms with van der Waals surface area (Å²) in [6, 6.07) is 2.07. The molecule has 0 aliphatic heterocycles. The number of aliphatic hydroxyl groups excluding tert-OH is 1. The number of alkyl halides is 3. The highest BCUT2D eigenvalue weighted by Crippen LogP contribution is 2.36. The molecular formula is C15H14F3N5O. The maximum Gasteiger partial charge on any atom is 0.416 e. The molecule has 9 heteroatoms. The van der Waals surface area contributed by atoms with Crippen LogP contribution in [0.4, 0.5) is 19.1 Å². The Bertz CT molecular complexity index is 842. The van der Waals surface area contributed by atoms with E-state index in [0.29, 0.717) is 16.5 Å². The maximum atomic E-state index is 13.1. The summed E-state index contributed by atoms with van der Waals surface area (Å²) in [6.45, 7) is 1.88. The van der Waals surface area contributed by atoms with Crippen LogP contribution in [0.25, 0.3) is 22.0 Å². The van der Waals surface area contributed by atoms with Crippen molar-refractivity contribution in [2.24, 2.45) is 0 Å². The largest absolute Gasteiger partial charge is 0.416 e. The Balaban J connectivity index is 2.00. The molecule has 126 valence electrons. The molecule has 0 bridgehead atoms. The molecule has 1 aromatic carbocycles. The zero-order valence-corrected chi connectivity index (χ0v) is 12.6. The van der Waals surface area contributed by atoms with Gasteiger partial charge in [0.05, 0.1) is 23.4 Å². The number of nitrogens with zero attached hydrogens (tertiary/aromatic N) is 3. The van der Waals surface area contributed by atoms with Crippen LogP contribution in [0.3, 0.4) is 0 Å². The first-order valence-corrected chi connectivity index (χ1v) is 7.13. The van der Waals surface area contributed by atoms with E-state index in [4.69, 9.17) is 0 Å². The molecule has 2 heterocycles. The van der Waals surface area contributed by atoms with Crippen molar-refractivity contribution in [1.29, 1.82) is 0 Å². The van der Waals surface area contributed by atoms with Gasteiger partial charge in [-0.25, -0.2) is 9.97 Å². The molecule has 0 saturated carbocycles. The van der Waals surface area contributed by atoms with Gasteiger partial charge in [-0.3, -0.25) is 5.10 Å². The topological polar surface area (TPSA) is 86.7 Å². The van der Waals surface area contributed by atoms with Gasteiger partial charge in [-0.2, -0.15) is 18.3 Å². The smallest absolute Gasteiger partial charge is 0.392 e. The average Bonchev–Trinajstić information content (AvgIpc) is 3.00. The summed E-state index contributed by atoms with van der Waals surface area (Å²) >= 11 is 0. The summed E-state index contributed by atoms with van der Waals surface area (Å²) in [5.41, 5.74) is 0.299. The molecule has 0 unspecified atom stereocenters. The molecule has 2 aromatic heterocycles. The maximum absolute atomic E-state index is 13.1. The van der Waals surface area contributed by atoms with Crippen molar-refractivity contribution in [2.75, 3.05) is 11.9 Å². The number of hydrogen-bond acceptors (Lipinski definition) is 5. The molecule has 1 atom stereocenters. The molecule has 0 aliphatic rings. The van der Waals surface area contributed by atoms with Crippen molar-refractivity contribution < 1.29 is 18.3 Å². The number of nitrogens with one attached hydrogen (secondary N) is 2. The van der Waals surface area contributed by atoms with Crippen molar-refractivity contribution in [3.63, 3.8) is 0 Å². The summed E-state index contributed by atoms with van der Waals surface area (Å²) in [5.74, 6) is 0.287. The lowest BCUT2D eigenvalue weighted by Crippen LogP contribution is -2.16. The number of aromatic nitrogens is 4. The lowest BCUT2D eigenvalue weighted by Gasteiger charge is -2.11. The van der Waals surface area contributed by atoms with Gasteiger partial charge in [-0.15, -0.1) is 0 Å². The van der Waals surface area contributed by atoms with Gasteiger partial charge in [0, 0.05) is 29.9 Å². The number of rotatable bonds is 4. The fraction of sp³-hybridized carbons (Fsp3) is 0.267. The number of fused-ring (bicyclic) bond motifs is 1. The van der Waals surface area contributed by atoms with E-state index in [-0.39, 0.29) is 18.0 Å². The number of aliphatic hydroxyl groups is 1. The van der Waals surface area contributed by atoms with Gasteiger partial charge < -0.3 is 10.4 Å². The number of halogens is 3. The third kappa shape index (κ3) is 3.30. The first-order chi connectivity index (χ1) is 11.3. The van der Waals surface area contributed by atoms with Gasteiger partial charge in [-0.05, 0) is 24.6 Å². The van der Waals surface area contributed by atoms with E-state index in [9.17, 15) is 18.3 Å². The predicted octanol–water partition coefficient (Wildman–Crippen LogP) is 2.83. The van der Waals surface area contributed by atoms with Crippen LogP contribution in [-0.2, 0) is 6.18 Å². The quantitative estimate of drug-likeness (QED) is 0.681. The van der Waals surface area contributed by atoms with E-state index in [0.717, 1.165) is 12.1 Å². The Morgan fingerprint density at radius 3 is 2.54 bits per heavy atom. The number of H-pyrrole nitrogens is 1. The molecule has 0 saturated heterocycles. The SMILES string of the molecule is C[C@H](O)CNc1ncc(-c2cc(C(F)(F)F)cc3[nH]ncc23)cn1. The van der Waals surface area contributed by atoms with Gasteiger partial charge in [0.1, 0.15) is 0 Å². The summed E-state index contributed by atoms with van der Waals surface area (Å²) in [5, 5.41) is 18.9. The third-order valence-electron chi connectivity index (χ3n) is 3.40. The molecule has 0 fully saturated rings. The van der Waals surface area contributed by atoms with Crippen molar-refractivity contribution in [2.45, 2.75) is 19.2 Å². The second kappa shape index (κ2) is 6.08. The lowest BCUT2D eigenvalue weighted by molar-refractivity contribution is -0.137. The number of anilines is 1. The third-order valence-corrected chi connectivity index (χ3v) is 3.40. The predicted molar refractivity (Wildman–Crippen MR) is 82.3 cm³/mol. The molecule has 0 aliphatic carbocycles. The van der Waals surface area contributed by atoms with E-state index in [2.05, 4.69) is 25.5 Å². The van der Waals surface area contributed by atoms with E-state index < -0.39 is 17.8 Å². The Kier molecular flexibility index (Phi) is 4.10. The zero-order chi connectivity index (χ0) is 17.3. The Hall–Kier alpha value is -2.68. The number of benzene rings is 1. The van der Waals surface area contributed by atoms with Crippen LogP contribution >= 0.6 is 0 Å². The minimum atomic E-state index is -4.46. The Morgan fingerprint density at radius 1 is 1.21 bits per heavy atom. The summed E-state index contributed by atoms with van der Waals surface area (Å²) in [4.78, 5) is 8.13. The number of aromatic amines is 1. The minimum absolute atomic E-state index is 0.273. The highest BCUT2D eigenvalue weighted by atomic mass is 19.4. The van der Waals surface area contributed by atoms with Crippen LogP contribution in [0.5, 0.6) is 0 Å². The van der Waals surface area contributed by atoms with Crippen LogP contribution in [0.15, 0.2) is 30.7 Å². The highest BCUT2D eigenvalue weighted by Gasteiger charge is 2.31. The monoisotopic (exact) mass is 337 g/mol. The number of hydrogen-bond donors (Lipinski definition) is 3. The standard InChI is InChI=1S/C15H14F3N5O/c1-8(24)4-19-14-20-5-9(6-21-14)11-2-10(15(16,17)18)3-13-12(11)7-22-23-13/h2-3,5-8,24H,4H2,1H3,(H,22,23)(H,19,20,21)/t8-/m0/s1. The summed E-state index contributed by atoms with van der Waals surface area (Å²) < 4.78 is 39.2. The second-order valence-corrected chi connectivity index (χ2v) is 5.38. The lowest BCUT2D eigenvalue weighted by atomic mass is 10.0. The minimum Gasteiger partial charge on any atom is -0.392 e. The summed E-state index contributed by atoms with van der Waals surface area (Å²) in [7, 11) is 0. The fourth-order valence-corrected chi connectivity index (χ4v) is 2.25. The van der Waals surface area contributed by atoms with Crippen LogP contribution in [0, 0.1) is 0 Å². The van der Waals surface area contributed by atoms with Crippen molar-refractivity contribution in [3.8, 4) is 11.1 Å². The fourth-order valence-electron chi connectivity index (χ4n) is 2.25. The van der Waals surface area contributed by atoms with Crippen LogP contribution in [0.1, 0.15) is 12.5 Å². The van der Waals surface area contributed by atoms with E-state index in [1.54, 1.807) is 6.92 Å². The van der Waals surface area contributed by atoms with Crippen LogP contribution in [0.2, 0.25) is 0 Å². The average molecular weight is 337 g/mol. The van der Waals surface area contributed by atoms with Crippen molar-refractivity contribution in [1.82, 2.24) is 20.2 Å². The van der Waals surface area contributed by atoms with E-state index in [1.165, 1.54) is 18.6 Å². The van der Waals surface area contributed by atoms with Gasteiger partial charge in [0.15, 0.2) is 0 Å². The van der Waals surface area contributed by atoms with E-state index in [1.807, 2.05) is 0 Å². The van der Waals surface area contributed by atoms with Gasteiger partial charge in [-0.1, -0.05) is 0 Å². The molecule has 24 heavy (non-hydrogen) atoms. The molecule has 0 amide bonds. The van der Waals surface area contributed by atoms with Crippen molar-refractivity contribution >= 4 is 16.9 Å². The van der Waals surface area contributed by atoms with Gasteiger partial charge >= 0.3 is 6.18 Å². The van der Waals surface area contributed by atoms with Gasteiger partial charge in [0.2, 0.25) is 5.95 Å². The van der Waals surface area contributed by atoms with Crippen molar-refractivity contribution in [3.05, 3.63) is 36.3 Å². The molecule has 0 spiro atoms. The van der Waals surface area contributed by atoms with E-state index >= 15 is 0 Å².